The van der Waals surface area contributed by atoms with Crippen molar-refractivity contribution in [1.29, 1.82) is 0 Å². The molecule has 20 heavy (non-hydrogen) atoms. The lowest BCUT2D eigenvalue weighted by Crippen LogP contribution is -2.13. The van der Waals surface area contributed by atoms with E-state index in [1.165, 1.54) is 22.2 Å². The highest BCUT2D eigenvalue weighted by Gasteiger charge is 2.03. The summed E-state index contributed by atoms with van der Waals surface area (Å²) in [5.74, 6) is 0. The monoisotopic (exact) mass is 266 g/mol. The molecular formula is C16H18N4. The smallest absolute Gasteiger partial charge is 0.0702 e. The fraction of sp³-hybridized carbons (Fsp3) is 0.250. The van der Waals surface area contributed by atoms with Crippen molar-refractivity contribution in [3.05, 3.63) is 59.5 Å². The van der Waals surface area contributed by atoms with E-state index in [4.69, 9.17) is 0 Å². The Kier molecular flexibility index (Phi) is 3.48. The Bertz CT molecular complexity index is 730. The van der Waals surface area contributed by atoms with Gasteiger partial charge in [0.2, 0.25) is 0 Å². The molecule has 102 valence electrons. The Morgan fingerprint density at radius 3 is 2.90 bits per heavy atom. The molecule has 2 aromatic heterocycles. The molecule has 1 aromatic carbocycles. The van der Waals surface area contributed by atoms with E-state index in [0.29, 0.717) is 0 Å². The van der Waals surface area contributed by atoms with Crippen LogP contribution in [-0.2, 0) is 20.1 Å². The number of pyridine rings is 1. The first-order valence-electron chi connectivity index (χ1n) is 6.76. The highest BCUT2D eigenvalue weighted by Crippen LogP contribution is 2.13. The number of hydrogen-bond acceptors (Lipinski definition) is 3. The third-order valence-corrected chi connectivity index (χ3v) is 3.65. The molecule has 0 radical (unpaired) electrons. The van der Waals surface area contributed by atoms with E-state index in [9.17, 15) is 0 Å². The Hall–Kier alpha value is -2.20. The lowest BCUT2D eigenvalue weighted by atomic mass is 10.1. The maximum atomic E-state index is 4.33. The molecule has 0 bridgehead atoms. The van der Waals surface area contributed by atoms with Crippen LogP contribution < -0.4 is 5.32 Å². The normalized spacial score (nSPS) is 11.1. The highest BCUT2D eigenvalue weighted by molar-refractivity contribution is 5.78. The summed E-state index contributed by atoms with van der Waals surface area (Å²) in [4.78, 5) is 4.33. The summed E-state index contributed by atoms with van der Waals surface area (Å²) in [5, 5.41) is 8.90. The van der Waals surface area contributed by atoms with Crippen molar-refractivity contribution in [3.63, 3.8) is 0 Å². The molecule has 0 saturated heterocycles. The number of nitrogens with zero attached hydrogens (tertiary/aromatic N) is 3. The van der Waals surface area contributed by atoms with Gasteiger partial charge in [0.15, 0.2) is 0 Å². The van der Waals surface area contributed by atoms with Gasteiger partial charge in [0.25, 0.3) is 0 Å². The maximum Gasteiger partial charge on any atom is 0.0702 e. The first-order valence-corrected chi connectivity index (χ1v) is 6.76. The molecule has 0 unspecified atom stereocenters. The number of nitrogens with one attached hydrogen (secondary N) is 1. The van der Waals surface area contributed by atoms with Crippen LogP contribution in [0.25, 0.3) is 10.9 Å². The molecule has 0 fully saturated rings. The molecule has 3 aromatic rings. The number of aromatic nitrogens is 3. The average Bonchev–Trinajstić information content (AvgIpc) is 2.79. The largest absolute Gasteiger partial charge is 0.308 e. The zero-order valence-corrected chi connectivity index (χ0v) is 11.8. The Morgan fingerprint density at radius 2 is 2.10 bits per heavy atom. The lowest BCUT2D eigenvalue weighted by Gasteiger charge is -2.06. The minimum absolute atomic E-state index is 0.838. The second-order valence-electron chi connectivity index (χ2n) is 5.01. The molecule has 2 heterocycles. The van der Waals surface area contributed by atoms with E-state index in [-0.39, 0.29) is 0 Å². The van der Waals surface area contributed by atoms with Gasteiger partial charge in [-0.25, -0.2) is 0 Å². The van der Waals surface area contributed by atoms with Crippen molar-refractivity contribution >= 4 is 10.9 Å². The van der Waals surface area contributed by atoms with Crippen molar-refractivity contribution < 1.29 is 0 Å². The van der Waals surface area contributed by atoms with Gasteiger partial charge in [0, 0.05) is 43.0 Å². The molecule has 4 heteroatoms. The van der Waals surface area contributed by atoms with Crippen LogP contribution >= 0.6 is 0 Å². The van der Waals surface area contributed by atoms with Gasteiger partial charge in [-0.3, -0.25) is 9.67 Å². The molecule has 1 N–H and O–H groups in total. The SMILES string of the molecule is Cc1c(CNCc2ccc3ncccc3c2)cnn1C. The van der Waals surface area contributed by atoms with E-state index in [0.717, 1.165) is 18.6 Å². The van der Waals surface area contributed by atoms with Gasteiger partial charge in [-0.15, -0.1) is 0 Å². The lowest BCUT2D eigenvalue weighted by molar-refractivity contribution is 0.685. The Labute approximate surface area is 118 Å². The molecule has 0 saturated carbocycles. The summed E-state index contributed by atoms with van der Waals surface area (Å²) < 4.78 is 1.90. The average molecular weight is 266 g/mol. The maximum absolute atomic E-state index is 4.33. The van der Waals surface area contributed by atoms with Crippen LogP contribution in [0.4, 0.5) is 0 Å². The second kappa shape index (κ2) is 5.43. The van der Waals surface area contributed by atoms with Crippen molar-refractivity contribution in [3.8, 4) is 0 Å². The molecule has 4 nitrogen and oxygen atoms in total. The predicted molar refractivity (Wildman–Crippen MR) is 80.2 cm³/mol. The number of aryl methyl sites for hydroxylation is 1. The molecule has 0 aliphatic rings. The van der Waals surface area contributed by atoms with Crippen LogP contribution in [0.15, 0.2) is 42.7 Å². The minimum atomic E-state index is 0.838. The fourth-order valence-electron chi connectivity index (χ4n) is 2.29. The molecular weight excluding hydrogens is 248 g/mol. The standard InChI is InChI=1S/C16H18N4/c1-12-15(11-19-20(12)2)10-17-9-13-5-6-16-14(8-13)4-3-7-18-16/h3-8,11,17H,9-10H2,1-2H3. The van der Waals surface area contributed by atoms with Gasteiger partial charge in [0.05, 0.1) is 11.7 Å². The topological polar surface area (TPSA) is 42.7 Å². The van der Waals surface area contributed by atoms with Crippen LogP contribution in [0.5, 0.6) is 0 Å². The number of fused-ring (bicyclic) bond motifs is 1. The molecule has 3 rings (SSSR count). The molecule has 0 amide bonds. The predicted octanol–water partition coefficient (Wildman–Crippen LogP) is 2.57. The summed E-state index contributed by atoms with van der Waals surface area (Å²) in [6.45, 7) is 3.77. The highest BCUT2D eigenvalue weighted by atomic mass is 15.3. The van der Waals surface area contributed by atoms with Gasteiger partial charge < -0.3 is 5.32 Å². The van der Waals surface area contributed by atoms with E-state index < -0.39 is 0 Å². The molecule has 0 spiro atoms. The first kappa shape index (κ1) is 12.8. The third kappa shape index (κ3) is 2.56. The molecule has 0 aliphatic heterocycles. The van der Waals surface area contributed by atoms with Gasteiger partial charge in [0.1, 0.15) is 0 Å². The minimum Gasteiger partial charge on any atom is -0.308 e. The van der Waals surface area contributed by atoms with E-state index >= 15 is 0 Å². The first-order chi connectivity index (χ1) is 9.74. The van der Waals surface area contributed by atoms with Crippen LogP contribution in [0.1, 0.15) is 16.8 Å². The van der Waals surface area contributed by atoms with Crippen LogP contribution in [0, 0.1) is 6.92 Å². The third-order valence-electron chi connectivity index (χ3n) is 3.65. The van der Waals surface area contributed by atoms with E-state index in [1.807, 2.05) is 30.2 Å². The van der Waals surface area contributed by atoms with Gasteiger partial charge in [-0.1, -0.05) is 12.1 Å². The fourth-order valence-corrected chi connectivity index (χ4v) is 2.29. The summed E-state index contributed by atoms with van der Waals surface area (Å²) in [6, 6.07) is 10.4. The van der Waals surface area contributed by atoms with Crippen molar-refractivity contribution in [1.82, 2.24) is 20.1 Å². The second-order valence-corrected chi connectivity index (χ2v) is 5.01. The van der Waals surface area contributed by atoms with E-state index in [2.05, 4.69) is 46.6 Å². The molecule has 0 aliphatic carbocycles. The Balaban J connectivity index is 1.66. The van der Waals surface area contributed by atoms with E-state index in [1.54, 1.807) is 0 Å². The van der Waals surface area contributed by atoms with Crippen molar-refractivity contribution in [2.75, 3.05) is 0 Å². The zero-order valence-electron chi connectivity index (χ0n) is 11.8. The van der Waals surface area contributed by atoms with Crippen LogP contribution in [0.3, 0.4) is 0 Å². The van der Waals surface area contributed by atoms with Gasteiger partial charge in [-0.05, 0) is 30.7 Å². The van der Waals surface area contributed by atoms with Crippen LogP contribution in [-0.4, -0.2) is 14.8 Å². The van der Waals surface area contributed by atoms with Crippen molar-refractivity contribution in [2.45, 2.75) is 20.0 Å². The summed E-state index contributed by atoms with van der Waals surface area (Å²) in [7, 11) is 1.97. The number of rotatable bonds is 4. The number of hydrogen-bond donors (Lipinski definition) is 1. The summed E-state index contributed by atoms with van der Waals surface area (Å²) >= 11 is 0. The van der Waals surface area contributed by atoms with Gasteiger partial charge in [-0.2, -0.15) is 5.10 Å². The zero-order chi connectivity index (χ0) is 13.9. The van der Waals surface area contributed by atoms with Crippen LogP contribution in [0.2, 0.25) is 0 Å². The van der Waals surface area contributed by atoms with Gasteiger partial charge >= 0.3 is 0 Å². The number of benzene rings is 1. The molecule has 0 atom stereocenters. The van der Waals surface area contributed by atoms with Crippen molar-refractivity contribution in [2.24, 2.45) is 7.05 Å². The summed E-state index contributed by atoms with van der Waals surface area (Å²) in [6.07, 6.45) is 3.75. The summed E-state index contributed by atoms with van der Waals surface area (Å²) in [5.41, 5.74) is 4.77. The Morgan fingerprint density at radius 1 is 1.20 bits per heavy atom. The quantitative estimate of drug-likeness (QED) is 0.789.